The monoisotopic (exact) mass is 447 g/mol. The van der Waals surface area contributed by atoms with E-state index >= 15 is 4.39 Å². The average molecular weight is 447 g/mol. The van der Waals surface area contributed by atoms with Crippen molar-refractivity contribution < 1.29 is 13.2 Å². The lowest BCUT2D eigenvalue weighted by molar-refractivity contribution is 0.580. The molecule has 0 aliphatic carbocycles. The first-order valence-electron chi connectivity index (χ1n) is 10.5. The van der Waals surface area contributed by atoms with E-state index < -0.39 is 17.5 Å². The molecule has 0 amide bonds. The summed E-state index contributed by atoms with van der Waals surface area (Å²) < 4.78 is 44.6. The van der Waals surface area contributed by atoms with E-state index in [0.29, 0.717) is 44.2 Å². The van der Waals surface area contributed by atoms with E-state index in [0.717, 1.165) is 6.07 Å². The van der Waals surface area contributed by atoms with Crippen LogP contribution in [0.15, 0.2) is 55.1 Å². The van der Waals surface area contributed by atoms with Crippen molar-refractivity contribution in [1.29, 1.82) is 0 Å². The molecule has 2 N–H and O–H groups in total. The zero-order chi connectivity index (χ0) is 23.3. The van der Waals surface area contributed by atoms with Crippen LogP contribution in [0.1, 0.15) is 31.1 Å². The number of fused-ring (bicyclic) bond motifs is 2. The molecule has 0 aliphatic heterocycles. The fourth-order valence-corrected chi connectivity index (χ4v) is 4.16. The van der Waals surface area contributed by atoms with Crippen LogP contribution in [0.3, 0.4) is 0 Å². The Morgan fingerprint density at radius 3 is 2.42 bits per heavy atom. The minimum atomic E-state index is -0.648. The molecule has 8 heteroatoms. The molecule has 3 aromatic heterocycles. The van der Waals surface area contributed by atoms with Crippen molar-refractivity contribution in [3.63, 3.8) is 0 Å². The Hall–Kier alpha value is -3.94. The standard InChI is InChI=1S/C25H20F3N5/c1-13(2)33-11-21(22-24(29)31-12-32-25(22)33)19-4-3-15-8-18(30-10-20(15)23(19)28)7-14-5-16(26)9-17(27)6-14/h3-6,8-13H,7H2,1-2H3,(H2,29,31,32). The van der Waals surface area contributed by atoms with Gasteiger partial charge in [0.2, 0.25) is 0 Å². The predicted octanol–water partition coefficient (Wildman–Crippen LogP) is 5.82. The lowest BCUT2D eigenvalue weighted by Gasteiger charge is -2.09. The lowest BCUT2D eigenvalue weighted by atomic mass is 10.00. The maximum Gasteiger partial charge on any atom is 0.146 e. The van der Waals surface area contributed by atoms with E-state index in [-0.39, 0.29) is 18.3 Å². The number of halogens is 3. The van der Waals surface area contributed by atoms with Crippen LogP contribution in [-0.4, -0.2) is 19.5 Å². The van der Waals surface area contributed by atoms with Gasteiger partial charge < -0.3 is 10.3 Å². The summed E-state index contributed by atoms with van der Waals surface area (Å²) in [6.07, 6.45) is 4.91. The summed E-state index contributed by atoms with van der Waals surface area (Å²) in [5.41, 5.74) is 8.78. The third kappa shape index (κ3) is 3.67. The fourth-order valence-electron chi connectivity index (χ4n) is 4.16. The highest BCUT2D eigenvalue weighted by Gasteiger charge is 2.20. The maximum absolute atomic E-state index is 15.7. The molecule has 2 aromatic carbocycles. The molecule has 0 bridgehead atoms. The normalized spacial score (nSPS) is 11.7. The summed E-state index contributed by atoms with van der Waals surface area (Å²) in [5.74, 6) is -1.45. The molecule has 166 valence electrons. The molecular formula is C25H20F3N5. The van der Waals surface area contributed by atoms with Gasteiger partial charge in [-0.25, -0.2) is 23.1 Å². The van der Waals surface area contributed by atoms with Gasteiger partial charge in [0.05, 0.1) is 5.39 Å². The number of nitrogen functional groups attached to an aromatic ring is 1. The first-order valence-corrected chi connectivity index (χ1v) is 10.5. The summed E-state index contributed by atoms with van der Waals surface area (Å²) in [4.78, 5) is 12.8. The zero-order valence-electron chi connectivity index (χ0n) is 18.0. The molecule has 0 saturated carbocycles. The molecule has 33 heavy (non-hydrogen) atoms. The Bertz CT molecular complexity index is 1500. The number of aromatic nitrogens is 4. The second kappa shape index (κ2) is 7.88. The molecule has 0 atom stereocenters. The molecule has 3 heterocycles. The molecule has 0 aliphatic rings. The van der Waals surface area contributed by atoms with Crippen molar-refractivity contribution in [3.8, 4) is 11.1 Å². The van der Waals surface area contributed by atoms with Crippen LogP contribution in [-0.2, 0) is 6.42 Å². The Labute approximate surface area is 187 Å². The van der Waals surface area contributed by atoms with E-state index in [1.165, 1.54) is 24.7 Å². The van der Waals surface area contributed by atoms with Gasteiger partial charge >= 0.3 is 0 Å². The highest BCUT2D eigenvalue weighted by molar-refractivity contribution is 6.02. The van der Waals surface area contributed by atoms with Gasteiger partial charge in [-0.1, -0.05) is 12.1 Å². The Kier molecular flexibility index (Phi) is 5.00. The number of hydrogen-bond acceptors (Lipinski definition) is 4. The molecular weight excluding hydrogens is 427 g/mol. The smallest absolute Gasteiger partial charge is 0.146 e. The zero-order valence-corrected chi connectivity index (χ0v) is 18.0. The number of pyridine rings is 1. The number of nitrogens with zero attached hydrogens (tertiary/aromatic N) is 4. The summed E-state index contributed by atoms with van der Waals surface area (Å²) in [5, 5.41) is 1.57. The fraction of sp³-hybridized carbons (Fsp3) is 0.160. The van der Waals surface area contributed by atoms with Crippen LogP contribution in [0, 0.1) is 17.5 Å². The molecule has 0 spiro atoms. The number of nitrogens with two attached hydrogens (primary N) is 1. The van der Waals surface area contributed by atoms with Gasteiger partial charge in [0.1, 0.15) is 35.2 Å². The summed E-state index contributed by atoms with van der Waals surface area (Å²) >= 11 is 0. The van der Waals surface area contributed by atoms with Gasteiger partial charge in [-0.05, 0) is 43.0 Å². The topological polar surface area (TPSA) is 69.6 Å². The van der Waals surface area contributed by atoms with Gasteiger partial charge in [0.25, 0.3) is 0 Å². The second-order valence-electron chi connectivity index (χ2n) is 8.28. The van der Waals surface area contributed by atoms with Gasteiger partial charge in [0, 0.05) is 53.1 Å². The predicted molar refractivity (Wildman–Crippen MR) is 122 cm³/mol. The van der Waals surface area contributed by atoms with Gasteiger partial charge in [-0.3, -0.25) is 4.98 Å². The van der Waals surface area contributed by atoms with Crippen LogP contribution in [0.2, 0.25) is 0 Å². The number of benzene rings is 2. The van der Waals surface area contributed by atoms with Crippen LogP contribution in [0.25, 0.3) is 32.9 Å². The number of hydrogen-bond donors (Lipinski definition) is 1. The highest BCUT2D eigenvalue weighted by Crippen LogP contribution is 2.37. The maximum atomic E-state index is 15.7. The molecule has 5 aromatic rings. The molecule has 0 unspecified atom stereocenters. The molecule has 0 radical (unpaired) electrons. The van der Waals surface area contributed by atoms with E-state index in [1.807, 2.05) is 24.6 Å². The Morgan fingerprint density at radius 2 is 1.70 bits per heavy atom. The largest absolute Gasteiger partial charge is 0.383 e. The van der Waals surface area contributed by atoms with Crippen molar-refractivity contribution in [2.24, 2.45) is 0 Å². The van der Waals surface area contributed by atoms with Crippen LogP contribution in [0.5, 0.6) is 0 Å². The third-order valence-electron chi connectivity index (χ3n) is 5.69. The summed E-state index contributed by atoms with van der Waals surface area (Å²) in [7, 11) is 0. The van der Waals surface area contributed by atoms with E-state index in [9.17, 15) is 8.78 Å². The molecule has 0 saturated heterocycles. The van der Waals surface area contributed by atoms with Crippen molar-refractivity contribution in [1.82, 2.24) is 19.5 Å². The van der Waals surface area contributed by atoms with Crippen molar-refractivity contribution in [2.45, 2.75) is 26.3 Å². The van der Waals surface area contributed by atoms with Crippen LogP contribution in [0.4, 0.5) is 19.0 Å². The SMILES string of the molecule is CC(C)n1cc(-c2ccc3cc(Cc4cc(F)cc(F)c4)ncc3c2F)c2c(N)ncnc21. The molecule has 5 rings (SSSR count). The first-order chi connectivity index (χ1) is 15.8. The Balaban J connectivity index is 1.61. The quantitative estimate of drug-likeness (QED) is 0.377. The average Bonchev–Trinajstić information content (AvgIpc) is 3.14. The van der Waals surface area contributed by atoms with Crippen molar-refractivity contribution in [3.05, 3.63) is 83.8 Å². The van der Waals surface area contributed by atoms with Crippen LogP contribution < -0.4 is 5.73 Å². The van der Waals surface area contributed by atoms with Crippen molar-refractivity contribution >= 4 is 27.6 Å². The number of rotatable bonds is 4. The Morgan fingerprint density at radius 1 is 0.939 bits per heavy atom. The van der Waals surface area contributed by atoms with Crippen LogP contribution >= 0.6 is 0 Å². The minimum Gasteiger partial charge on any atom is -0.383 e. The summed E-state index contributed by atoms with van der Waals surface area (Å²) in [6, 6.07) is 8.64. The van der Waals surface area contributed by atoms with Gasteiger partial charge in [-0.2, -0.15) is 0 Å². The van der Waals surface area contributed by atoms with E-state index in [2.05, 4.69) is 15.0 Å². The number of anilines is 1. The molecule has 0 fully saturated rings. The highest BCUT2D eigenvalue weighted by atomic mass is 19.1. The lowest BCUT2D eigenvalue weighted by Crippen LogP contribution is -2.00. The minimum absolute atomic E-state index is 0.0935. The van der Waals surface area contributed by atoms with Gasteiger partial charge in [-0.15, -0.1) is 0 Å². The molecule has 5 nitrogen and oxygen atoms in total. The van der Waals surface area contributed by atoms with Crippen molar-refractivity contribution in [2.75, 3.05) is 5.73 Å². The van der Waals surface area contributed by atoms with E-state index in [4.69, 9.17) is 5.73 Å². The second-order valence-corrected chi connectivity index (χ2v) is 8.28. The third-order valence-corrected chi connectivity index (χ3v) is 5.69. The summed E-state index contributed by atoms with van der Waals surface area (Å²) in [6.45, 7) is 4.02. The first kappa shape index (κ1) is 20.9. The van der Waals surface area contributed by atoms with E-state index in [1.54, 1.807) is 18.2 Å². The van der Waals surface area contributed by atoms with Gasteiger partial charge in [0.15, 0.2) is 0 Å².